The van der Waals surface area contributed by atoms with Crippen molar-refractivity contribution in [3.8, 4) is 0 Å². The standard InChI is InChI=1S/C23H24N2O4/c1-14-10-16(3)22-19(11-14)15(2)12-21(27)25(22)9-8-20(26)24-18-7-5-6-17(13-18)23(28)29-4/h5-7,10-13H,8-9H2,1-4H3,(H,24,26). The van der Waals surface area contributed by atoms with Gasteiger partial charge in [0.1, 0.15) is 0 Å². The number of hydrogen-bond donors (Lipinski definition) is 1. The lowest BCUT2D eigenvalue weighted by atomic mass is 10.0. The fraction of sp³-hybridized carbons (Fsp3) is 0.261. The van der Waals surface area contributed by atoms with Crippen LogP contribution in [0.5, 0.6) is 0 Å². The number of methoxy groups -OCH3 is 1. The Morgan fingerprint density at radius 1 is 1.03 bits per heavy atom. The van der Waals surface area contributed by atoms with E-state index in [1.807, 2.05) is 26.8 Å². The van der Waals surface area contributed by atoms with Crippen LogP contribution in [0.3, 0.4) is 0 Å². The van der Waals surface area contributed by atoms with Crippen molar-refractivity contribution in [2.24, 2.45) is 0 Å². The van der Waals surface area contributed by atoms with E-state index in [9.17, 15) is 14.4 Å². The van der Waals surface area contributed by atoms with Crippen LogP contribution < -0.4 is 10.9 Å². The average Bonchev–Trinajstić information content (AvgIpc) is 2.67. The summed E-state index contributed by atoms with van der Waals surface area (Å²) in [6, 6.07) is 12.3. The van der Waals surface area contributed by atoms with Gasteiger partial charge in [-0.05, 0) is 56.2 Å². The van der Waals surface area contributed by atoms with E-state index >= 15 is 0 Å². The number of hydrogen-bond acceptors (Lipinski definition) is 4. The Balaban J connectivity index is 1.82. The summed E-state index contributed by atoms with van der Waals surface area (Å²) in [6.45, 7) is 6.19. The normalized spacial score (nSPS) is 10.8. The Morgan fingerprint density at radius 2 is 1.79 bits per heavy atom. The number of rotatable bonds is 5. The fourth-order valence-electron chi connectivity index (χ4n) is 3.57. The molecule has 0 radical (unpaired) electrons. The molecule has 0 aliphatic heterocycles. The zero-order valence-corrected chi connectivity index (χ0v) is 17.0. The summed E-state index contributed by atoms with van der Waals surface area (Å²) >= 11 is 0. The molecule has 0 saturated carbocycles. The van der Waals surface area contributed by atoms with Crippen molar-refractivity contribution in [1.29, 1.82) is 0 Å². The summed E-state index contributed by atoms with van der Waals surface area (Å²) in [5, 5.41) is 3.79. The number of nitrogens with one attached hydrogen (secondary N) is 1. The van der Waals surface area contributed by atoms with Crippen LogP contribution in [0.2, 0.25) is 0 Å². The Labute approximate surface area is 169 Å². The van der Waals surface area contributed by atoms with Crippen molar-refractivity contribution >= 4 is 28.5 Å². The quantitative estimate of drug-likeness (QED) is 0.671. The smallest absolute Gasteiger partial charge is 0.337 e. The molecule has 2 aromatic carbocycles. The average molecular weight is 392 g/mol. The van der Waals surface area contributed by atoms with E-state index in [1.165, 1.54) is 7.11 Å². The maximum atomic E-state index is 12.6. The van der Waals surface area contributed by atoms with E-state index in [4.69, 9.17) is 4.74 Å². The Bertz CT molecular complexity index is 1160. The number of amides is 1. The van der Waals surface area contributed by atoms with Crippen LogP contribution in [-0.4, -0.2) is 23.6 Å². The molecule has 1 aromatic heterocycles. The molecule has 150 valence electrons. The molecule has 0 spiro atoms. The largest absolute Gasteiger partial charge is 0.465 e. The molecule has 1 amide bonds. The molecule has 1 heterocycles. The van der Waals surface area contributed by atoms with Crippen molar-refractivity contribution in [3.63, 3.8) is 0 Å². The summed E-state index contributed by atoms with van der Waals surface area (Å²) in [6.07, 6.45) is 0.133. The highest BCUT2D eigenvalue weighted by Gasteiger charge is 2.12. The Kier molecular flexibility index (Phi) is 5.82. The van der Waals surface area contributed by atoms with Gasteiger partial charge in [0, 0.05) is 30.1 Å². The van der Waals surface area contributed by atoms with Crippen molar-refractivity contribution in [1.82, 2.24) is 4.57 Å². The molecular formula is C23H24N2O4. The molecule has 0 atom stereocenters. The highest BCUT2D eigenvalue weighted by atomic mass is 16.5. The summed E-state index contributed by atoms with van der Waals surface area (Å²) in [7, 11) is 1.31. The molecule has 6 heteroatoms. The van der Waals surface area contributed by atoms with Crippen LogP contribution in [0.1, 0.15) is 33.5 Å². The number of pyridine rings is 1. The van der Waals surface area contributed by atoms with Crippen LogP contribution in [0.4, 0.5) is 5.69 Å². The van der Waals surface area contributed by atoms with E-state index in [0.29, 0.717) is 11.3 Å². The number of nitrogens with zero attached hydrogens (tertiary/aromatic N) is 1. The Hall–Kier alpha value is -3.41. The van der Waals surface area contributed by atoms with Gasteiger partial charge in [0.05, 0.1) is 18.2 Å². The first-order valence-corrected chi connectivity index (χ1v) is 9.40. The number of esters is 1. The van der Waals surface area contributed by atoms with E-state index in [0.717, 1.165) is 27.6 Å². The number of ether oxygens (including phenoxy) is 1. The van der Waals surface area contributed by atoms with E-state index < -0.39 is 5.97 Å². The number of aryl methyl sites for hydroxylation is 4. The number of aromatic nitrogens is 1. The first kappa shape index (κ1) is 20.3. The monoisotopic (exact) mass is 392 g/mol. The van der Waals surface area contributed by atoms with Gasteiger partial charge in [0.2, 0.25) is 5.91 Å². The maximum Gasteiger partial charge on any atom is 0.337 e. The second-order valence-corrected chi connectivity index (χ2v) is 7.17. The van der Waals surface area contributed by atoms with Gasteiger partial charge >= 0.3 is 5.97 Å². The van der Waals surface area contributed by atoms with Crippen molar-refractivity contribution in [3.05, 3.63) is 75.1 Å². The van der Waals surface area contributed by atoms with Gasteiger partial charge in [-0.3, -0.25) is 9.59 Å². The molecular weight excluding hydrogens is 368 g/mol. The number of carbonyl (C=O) groups excluding carboxylic acids is 2. The molecule has 0 bridgehead atoms. The van der Waals surface area contributed by atoms with Crippen molar-refractivity contribution < 1.29 is 14.3 Å². The molecule has 3 rings (SSSR count). The van der Waals surface area contributed by atoms with Crippen molar-refractivity contribution in [2.75, 3.05) is 12.4 Å². The molecule has 0 unspecified atom stereocenters. The van der Waals surface area contributed by atoms with Crippen LogP contribution >= 0.6 is 0 Å². The fourth-order valence-corrected chi connectivity index (χ4v) is 3.57. The minimum Gasteiger partial charge on any atom is -0.465 e. The van der Waals surface area contributed by atoms with Crippen LogP contribution in [0, 0.1) is 20.8 Å². The zero-order valence-electron chi connectivity index (χ0n) is 17.0. The summed E-state index contributed by atoms with van der Waals surface area (Å²) in [4.78, 5) is 36.7. The van der Waals surface area contributed by atoms with E-state index in [-0.39, 0.29) is 24.4 Å². The van der Waals surface area contributed by atoms with Gasteiger partial charge < -0.3 is 14.6 Å². The third kappa shape index (κ3) is 4.37. The van der Waals surface area contributed by atoms with Gasteiger partial charge in [0.15, 0.2) is 0 Å². The van der Waals surface area contributed by atoms with Gasteiger partial charge in [-0.25, -0.2) is 4.79 Å². The number of anilines is 1. The summed E-state index contributed by atoms with van der Waals surface area (Å²) in [5.74, 6) is -0.707. The predicted molar refractivity (Wildman–Crippen MR) is 113 cm³/mol. The SMILES string of the molecule is COC(=O)c1cccc(NC(=O)CCn2c(=O)cc(C)c3cc(C)cc(C)c32)c1. The minimum absolute atomic E-state index is 0.123. The molecule has 29 heavy (non-hydrogen) atoms. The van der Waals surface area contributed by atoms with Gasteiger partial charge in [-0.2, -0.15) is 0 Å². The van der Waals surface area contributed by atoms with Crippen LogP contribution in [-0.2, 0) is 16.1 Å². The van der Waals surface area contributed by atoms with Gasteiger partial charge in [0.25, 0.3) is 5.56 Å². The summed E-state index contributed by atoms with van der Waals surface area (Å²) in [5.41, 5.74) is 4.67. The maximum absolute atomic E-state index is 12.6. The van der Waals surface area contributed by atoms with Crippen molar-refractivity contribution in [2.45, 2.75) is 33.7 Å². The van der Waals surface area contributed by atoms with E-state index in [1.54, 1.807) is 34.9 Å². The third-order valence-corrected chi connectivity index (χ3v) is 4.88. The minimum atomic E-state index is -0.468. The second kappa shape index (κ2) is 8.31. The van der Waals surface area contributed by atoms with Crippen LogP contribution in [0.25, 0.3) is 10.9 Å². The number of fused-ring (bicyclic) bond motifs is 1. The molecule has 0 aliphatic rings. The van der Waals surface area contributed by atoms with Gasteiger partial charge in [-0.1, -0.05) is 17.7 Å². The number of benzene rings is 2. The van der Waals surface area contributed by atoms with Gasteiger partial charge in [-0.15, -0.1) is 0 Å². The molecule has 0 saturated heterocycles. The lowest BCUT2D eigenvalue weighted by Crippen LogP contribution is -2.24. The number of carbonyl (C=O) groups is 2. The molecule has 0 fully saturated rings. The van der Waals surface area contributed by atoms with E-state index in [2.05, 4.69) is 11.4 Å². The topological polar surface area (TPSA) is 77.4 Å². The molecule has 6 nitrogen and oxygen atoms in total. The lowest BCUT2D eigenvalue weighted by molar-refractivity contribution is -0.116. The third-order valence-electron chi connectivity index (χ3n) is 4.88. The lowest BCUT2D eigenvalue weighted by Gasteiger charge is -2.15. The molecule has 0 aliphatic carbocycles. The summed E-state index contributed by atoms with van der Waals surface area (Å²) < 4.78 is 6.35. The second-order valence-electron chi connectivity index (χ2n) is 7.17. The zero-order chi connectivity index (χ0) is 21.1. The molecule has 1 N–H and O–H groups in total. The highest BCUT2D eigenvalue weighted by Crippen LogP contribution is 2.22. The highest BCUT2D eigenvalue weighted by molar-refractivity contribution is 5.94. The first-order valence-electron chi connectivity index (χ1n) is 9.40. The molecule has 3 aromatic rings. The van der Waals surface area contributed by atoms with Crippen LogP contribution in [0.15, 0.2) is 47.3 Å². The predicted octanol–water partition coefficient (Wildman–Crippen LogP) is 3.74. The Morgan fingerprint density at radius 3 is 2.52 bits per heavy atom. The first-order chi connectivity index (χ1) is 13.8.